The highest BCUT2D eigenvalue weighted by atomic mass is 16.5. The average molecular weight is 210 g/mol. The van der Waals surface area contributed by atoms with Gasteiger partial charge in [0.05, 0.1) is 12.5 Å². The molecule has 15 heavy (non-hydrogen) atoms. The fourth-order valence-electron chi connectivity index (χ4n) is 2.23. The van der Waals surface area contributed by atoms with Gasteiger partial charge in [0, 0.05) is 6.92 Å². The van der Waals surface area contributed by atoms with E-state index in [1.54, 1.807) is 0 Å². The summed E-state index contributed by atoms with van der Waals surface area (Å²) in [5.74, 6) is -0.291. The van der Waals surface area contributed by atoms with E-state index < -0.39 is 0 Å². The zero-order chi connectivity index (χ0) is 10.8. The standard InChI is InChI=1S/C11H14O4/c1-7(12)15-6-9-3-2-8-4-5-14-11(13)10(8)9/h3,8,10H,2,4-6H2,1H3/t8-,10+/m1/s1. The molecule has 0 amide bonds. The van der Waals surface area contributed by atoms with Gasteiger partial charge in [-0.15, -0.1) is 0 Å². The maximum absolute atomic E-state index is 11.5. The molecule has 1 heterocycles. The number of esters is 2. The van der Waals surface area contributed by atoms with Crippen molar-refractivity contribution in [3.05, 3.63) is 11.6 Å². The lowest BCUT2D eigenvalue weighted by molar-refractivity contribution is -0.154. The topological polar surface area (TPSA) is 52.6 Å². The summed E-state index contributed by atoms with van der Waals surface area (Å²) in [4.78, 5) is 22.2. The van der Waals surface area contributed by atoms with Gasteiger partial charge in [-0.25, -0.2) is 0 Å². The molecule has 0 aromatic carbocycles. The van der Waals surface area contributed by atoms with Crippen molar-refractivity contribution >= 4 is 11.9 Å². The van der Waals surface area contributed by atoms with E-state index in [0.717, 1.165) is 18.4 Å². The first-order valence-electron chi connectivity index (χ1n) is 5.17. The van der Waals surface area contributed by atoms with Crippen LogP contribution in [-0.2, 0) is 19.1 Å². The van der Waals surface area contributed by atoms with Gasteiger partial charge < -0.3 is 9.47 Å². The Kier molecular flexibility index (Phi) is 2.75. The number of allylic oxidation sites excluding steroid dienone is 1. The van der Waals surface area contributed by atoms with Crippen LogP contribution in [0.25, 0.3) is 0 Å². The summed E-state index contributed by atoms with van der Waals surface area (Å²) < 4.78 is 9.92. The number of rotatable bonds is 2. The Morgan fingerprint density at radius 1 is 1.67 bits per heavy atom. The van der Waals surface area contributed by atoms with Gasteiger partial charge in [-0.05, 0) is 24.3 Å². The van der Waals surface area contributed by atoms with Crippen LogP contribution in [0.3, 0.4) is 0 Å². The molecular weight excluding hydrogens is 196 g/mol. The van der Waals surface area contributed by atoms with Gasteiger partial charge in [0.1, 0.15) is 6.61 Å². The molecule has 0 bridgehead atoms. The Labute approximate surface area is 88.2 Å². The summed E-state index contributed by atoms with van der Waals surface area (Å²) >= 11 is 0. The quantitative estimate of drug-likeness (QED) is 0.505. The number of ether oxygens (including phenoxy) is 2. The normalized spacial score (nSPS) is 29.1. The summed E-state index contributed by atoms with van der Waals surface area (Å²) in [6.07, 6.45) is 3.82. The van der Waals surface area contributed by atoms with Crippen molar-refractivity contribution in [3.63, 3.8) is 0 Å². The molecule has 4 heteroatoms. The molecule has 1 saturated heterocycles. The van der Waals surface area contributed by atoms with Crippen LogP contribution >= 0.6 is 0 Å². The van der Waals surface area contributed by atoms with E-state index in [1.807, 2.05) is 6.08 Å². The van der Waals surface area contributed by atoms with Crippen LogP contribution in [0.1, 0.15) is 19.8 Å². The molecule has 0 unspecified atom stereocenters. The van der Waals surface area contributed by atoms with Crippen LogP contribution in [0.15, 0.2) is 11.6 Å². The molecule has 0 aromatic rings. The second-order valence-electron chi connectivity index (χ2n) is 3.99. The van der Waals surface area contributed by atoms with Gasteiger partial charge in [0.15, 0.2) is 0 Å². The van der Waals surface area contributed by atoms with Gasteiger partial charge in [-0.3, -0.25) is 9.59 Å². The van der Waals surface area contributed by atoms with Crippen molar-refractivity contribution in [3.8, 4) is 0 Å². The zero-order valence-electron chi connectivity index (χ0n) is 8.69. The monoisotopic (exact) mass is 210 g/mol. The van der Waals surface area contributed by atoms with Crippen molar-refractivity contribution in [1.29, 1.82) is 0 Å². The number of hydrogen-bond acceptors (Lipinski definition) is 4. The predicted octanol–water partition coefficient (Wildman–Crippen LogP) is 1.06. The van der Waals surface area contributed by atoms with Crippen LogP contribution in [0, 0.1) is 11.8 Å². The second-order valence-corrected chi connectivity index (χ2v) is 3.99. The van der Waals surface area contributed by atoms with Crippen LogP contribution in [0.5, 0.6) is 0 Å². The maximum atomic E-state index is 11.5. The highest BCUT2D eigenvalue weighted by molar-refractivity contribution is 5.78. The minimum atomic E-state index is -0.316. The number of cyclic esters (lactones) is 1. The maximum Gasteiger partial charge on any atom is 0.313 e. The Morgan fingerprint density at radius 3 is 3.20 bits per heavy atom. The smallest absolute Gasteiger partial charge is 0.313 e. The molecule has 1 aliphatic heterocycles. The van der Waals surface area contributed by atoms with Gasteiger partial charge >= 0.3 is 11.9 Å². The molecule has 1 aliphatic carbocycles. The highest BCUT2D eigenvalue weighted by Gasteiger charge is 2.39. The van der Waals surface area contributed by atoms with Crippen molar-refractivity contribution in [1.82, 2.24) is 0 Å². The number of hydrogen-bond donors (Lipinski definition) is 0. The molecular formula is C11H14O4. The molecule has 82 valence electrons. The lowest BCUT2D eigenvalue weighted by Gasteiger charge is -2.26. The second kappa shape index (κ2) is 4.04. The molecule has 2 atom stereocenters. The summed E-state index contributed by atoms with van der Waals surface area (Å²) in [5, 5.41) is 0. The first-order valence-corrected chi connectivity index (χ1v) is 5.17. The first-order chi connectivity index (χ1) is 7.18. The van der Waals surface area contributed by atoms with Crippen molar-refractivity contribution < 1.29 is 19.1 Å². The van der Waals surface area contributed by atoms with Gasteiger partial charge in [-0.1, -0.05) is 6.08 Å². The average Bonchev–Trinajstić information content (AvgIpc) is 2.59. The van der Waals surface area contributed by atoms with Crippen LogP contribution in [0.2, 0.25) is 0 Å². The number of carbonyl (C=O) groups excluding carboxylic acids is 2. The third kappa shape index (κ3) is 2.03. The fraction of sp³-hybridized carbons (Fsp3) is 0.636. The fourth-order valence-corrected chi connectivity index (χ4v) is 2.23. The molecule has 0 aromatic heterocycles. The number of fused-ring (bicyclic) bond motifs is 1. The summed E-state index contributed by atoms with van der Waals surface area (Å²) in [5.41, 5.74) is 0.903. The summed E-state index contributed by atoms with van der Waals surface area (Å²) in [6.45, 7) is 2.12. The van der Waals surface area contributed by atoms with Gasteiger partial charge in [-0.2, -0.15) is 0 Å². The summed E-state index contributed by atoms with van der Waals surface area (Å²) in [6, 6.07) is 0. The van der Waals surface area contributed by atoms with Gasteiger partial charge in [0.25, 0.3) is 0 Å². The zero-order valence-corrected chi connectivity index (χ0v) is 8.69. The van der Waals surface area contributed by atoms with E-state index in [9.17, 15) is 9.59 Å². The first kappa shape index (κ1) is 10.2. The van der Waals surface area contributed by atoms with E-state index in [0.29, 0.717) is 12.5 Å². The number of carbonyl (C=O) groups is 2. The van der Waals surface area contributed by atoms with Crippen LogP contribution in [-0.4, -0.2) is 25.2 Å². The molecule has 1 fully saturated rings. The van der Waals surface area contributed by atoms with E-state index in [-0.39, 0.29) is 24.5 Å². The van der Waals surface area contributed by atoms with Crippen molar-refractivity contribution in [2.45, 2.75) is 19.8 Å². The van der Waals surface area contributed by atoms with Gasteiger partial charge in [0.2, 0.25) is 0 Å². The Balaban J connectivity index is 2.00. The van der Waals surface area contributed by atoms with E-state index in [1.165, 1.54) is 6.92 Å². The molecule has 2 rings (SSSR count). The Bertz CT molecular complexity index is 319. The molecule has 4 nitrogen and oxygen atoms in total. The third-order valence-corrected chi connectivity index (χ3v) is 2.98. The molecule has 0 radical (unpaired) electrons. The van der Waals surface area contributed by atoms with Crippen LogP contribution < -0.4 is 0 Å². The summed E-state index contributed by atoms with van der Waals surface area (Å²) in [7, 11) is 0. The van der Waals surface area contributed by atoms with E-state index in [2.05, 4.69) is 0 Å². The Hall–Kier alpha value is -1.32. The minimum Gasteiger partial charge on any atom is -0.465 e. The highest BCUT2D eigenvalue weighted by Crippen LogP contribution is 2.37. The molecule has 0 saturated carbocycles. The minimum absolute atomic E-state index is 0.165. The lowest BCUT2D eigenvalue weighted by atomic mass is 9.87. The van der Waals surface area contributed by atoms with E-state index in [4.69, 9.17) is 9.47 Å². The third-order valence-electron chi connectivity index (χ3n) is 2.98. The SMILES string of the molecule is CC(=O)OCC1=CC[C@@H]2CCOC(=O)[C@H]12. The predicted molar refractivity (Wildman–Crippen MR) is 51.9 cm³/mol. The Morgan fingerprint density at radius 2 is 2.47 bits per heavy atom. The lowest BCUT2D eigenvalue weighted by Crippen LogP contribution is -2.31. The van der Waals surface area contributed by atoms with E-state index >= 15 is 0 Å². The van der Waals surface area contributed by atoms with Crippen molar-refractivity contribution in [2.24, 2.45) is 11.8 Å². The molecule has 0 N–H and O–H groups in total. The molecule has 2 aliphatic rings. The molecule has 0 spiro atoms. The van der Waals surface area contributed by atoms with Crippen LogP contribution in [0.4, 0.5) is 0 Å². The largest absolute Gasteiger partial charge is 0.465 e. The van der Waals surface area contributed by atoms with Crippen molar-refractivity contribution in [2.75, 3.05) is 13.2 Å².